The Kier molecular flexibility index (Phi) is 3.91. The Balaban J connectivity index is 1.91. The molecule has 2 heteroatoms. The summed E-state index contributed by atoms with van der Waals surface area (Å²) in [6.07, 6.45) is 4.13. The average molecular weight is 224 g/mol. The van der Waals surface area contributed by atoms with Crippen LogP contribution in [0.1, 0.15) is 40.0 Å². The van der Waals surface area contributed by atoms with Gasteiger partial charge in [-0.3, -0.25) is 0 Å². The summed E-state index contributed by atoms with van der Waals surface area (Å²) in [4.78, 5) is 2.71. The van der Waals surface area contributed by atoms with Crippen LogP contribution in [0.15, 0.2) is 0 Å². The highest BCUT2D eigenvalue weighted by molar-refractivity contribution is 4.90. The van der Waals surface area contributed by atoms with Crippen molar-refractivity contribution in [2.75, 3.05) is 32.7 Å². The van der Waals surface area contributed by atoms with Crippen molar-refractivity contribution >= 4 is 0 Å². The molecule has 2 fully saturated rings. The SMILES string of the molecule is CCC1(CN2CC(C)C(C)C2)CCCNC1. The first kappa shape index (κ1) is 12.4. The van der Waals surface area contributed by atoms with Gasteiger partial charge in [-0.2, -0.15) is 0 Å². The van der Waals surface area contributed by atoms with E-state index in [0.717, 1.165) is 11.8 Å². The molecular formula is C14H28N2. The zero-order valence-electron chi connectivity index (χ0n) is 11.3. The van der Waals surface area contributed by atoms with Gasteiger partial charge < -0.3 is 10.2 Å². The lowest BCUT2D eigenvalue weighted by molar-refractivity contribution is 0.124. The van der Waals surface area contributed by atoms with Crippen molar-refractivity contribution < 1.29 is 0 Å². The molecule has 2 aliphatic heterocycles. The van der Waals surface area contributed by atoms with Crippen LogP contribution in [0.3, 0.4) is 0 Å². The van der Waals surface area contributed by atoms with Gasteiger partial charge in [0.05, 0.1) is 0 Å². The number of nitrogens with one attached hydrogen (secondary N) is 1. The summed E-state index contributed by atoms with van der Waals surface area (Å²) < 4.78 is 0. The Hall–Kier alpha value is -0.0800. The summed E-state index contributed by atoms with van der Waals surface area (Å²) in [6.45, 7) is 13.6. The Bertz CT molecular complexity index is 211. The zero-order chi connectivity index (χ0) is 11.6. The second kappa shape index (κ2) is 5.05. The summed E-state index contributed by atoms with van der Waals surface area (Å²) in [6, 6.07) is 0. The van der Waals surface area contributed by atoms with Gasteiger partial charge in [0.25, 0.3) is 0 Å². The highest BCUT2D eigenvalue weighted by Crippen LogP contribution is 2.33. The number of likely N-dealkylation sites (tertiary alicyclic amines) is 1. The molecule has 0 aromatic carbocycles. The van der Waals surface area contributed by atoms with Crippen LogP contribution in [-0.4, -0.2) is 37.6 Å². The molecule has 2 aliphatic rings. The molecule has 0 aromatic heterocycles. The molecule has 0 radical (unpaired) electrons. The van der Waals surface area contributed by atoms with Gasteiger partial charge in [-0.05, 0) is 43.1 Å². The van der Waals surface area contributed by atoms with Crippen molar-refractivity contribution in [3.8, 4) is 0 Å². The molecule has 0 aliphatic carbocycles. The molecular weight excluding hydrogens is 196 g/mol. The first-order valence-corrected chi connectivity index (χ1v) is 7.08. The van der Waals surface area contributed by atoms with Crippen molar-refractivity contribution in [2.24, 2.45) is 17.3 Å². The summed E-state index contributed by atoms with van der Waals surface area (Å²) in [5.74, 6) is 1.79. The molecule has 1 N–H and O–H groups in total. The van der Waals surface area contributed by atoms with E-state index in [1.54, 1.807) is 0 Å². The molecule has 2 heterocycles. The molecule has 2 saturated heterocycles. The van der Waals surface area contributed by atoms with Crippen molar-refractivity contribution in [1.82, 2.24) is 10.2 Å². The molecule has 2 rings (SSSR count). The fourth-order valence-electron chi connectivity index (χ4n) is 3.43. The normalized spacial score (nSPS) is 41.4. The molecule has 0 saturated carbocycles. The zero-order valence-corrected chi connectivity index (χ0v) is 11.3. The summed E-state index contributed by atoms with van der Waals surface area (Å²) in [5.41, 5.74) is 0.571. The quantitative estimate of drug-likeness (QED) is 0.791. The van der Waals surface area contributed by atoms with Crippen LogP contribution >= 0.6 is 0 Å². The largest absolute Gasteiger partial charge is 0.316 e. The predicted octanol–water partition coefficient (Wildman–Crippen LogP) is 2.35. The van der Waals surface area contributed by atoms with Gasteiger partial charge in [-0.25, -0.2) is 0 Å². The Morgan fingerprint density at radius 1 is 1.25 bits per heavy atom. The van der Waals surface area contributed by atoms with E-state index in [9.17, 15) is 0 Å². The van der Waals surface area contributed by atoms with Crippen molar-refractivity contribution in [1.29, 1.82) is 0 Å². The summed E-state index contributed by atoms with van der Waals surface area (Å²) in [5, 5.41) is 3.60. The van der Waals surface area contributed by atoms with Crippen LogP contribution < -0.4 is 5.32 Å². The number of hydrogen-bond donors (Lipinski definition) is 1. The minimum absolute atomic E-state index is 0.571. The van der Waals surface area contributed by atoms with Gasteiger partial charge >= 0.3 is 0 Å². The fourth-order valence-corrected chi connectivity index (χ4v) is 3.43. The molecule has 3 unspecified atom stereocenters. The lowest BCUT2D eigenvalue weighted by Gasteiger charge is -2.40. The topological polar surface area (TPSA) is 15.3 Å². The standard InChI is InChI=1S/C14H28N2/c1-4-14(6-5-7-15-10-14)11-16-8-12(2)13(3)9-16/h12-13,15H,4-11H2,1-3H3. The van der Waals surface area contributed by atoms with E-state index in [1.807, 2.05) is 0 Å². The van der Waals surface area contributed by atoms with Crippen LogP contribution in [0.2, 0.25) is 0 Å². The molecule has 16 heavy (non-hydrogen) atoms. The lowest BCUT2D eigenvalue weighted by atomic mass is 9.78. The van der Waals surface area contributed by atoms with Gasteiger partial charge in [-0.15, -0.1) is 0 Å². The third kappa shape index (κ3) is 2.60. The second-order valence-corrected chi connectivity index (χ2v) is 6.28. The van der Waals surface area contributed by atoms with E-state index in [0.29, 0.717) is 5.41 Å². The number of hydrogen-bond acceptors (Lipinski definition) is 2. The summed E-state index contributed by atoms with van der Waals surface area (Å²) in [7, 11) is 0. The highest BCUT2D eigenvalue weighted by atomic mass is 15.2. The Morgan fingerprint density at radius 2 is 1.94 bits per heavy atom. The average Bonchev–Trinajstić information content (AvgIpc) is 2.59. The Morgan fingerprint density at radius 3 is 2.44 bits per heavy atom. The maximum Gasteiger partial charge on any atom is 0.00503 e. The van der Waals surface area contributed by atoms with Crippen molar-refractivity contribution in [2.45, 2.75) is 40.0 Å². The first-order chi connectivity index (χ1) is 7.65. The minimum atomic E-state index is 0.571. The van der Waals surface area contributed by atoms with Crippen molar-refractivity contribution in [3.05, 3.63) is 0 Å². The maximum absolute atomic E-state index is 3.60. The third-order valence-electron chi connectivity index (χ3n) is 4.93. The van der Waals surface area contributed by atoms with Gasteiger partial charge in [0.1, 0.15) is 0 Å². The second-order valence-electron chi connectivity index (χ2n) is 6.28. The van der Waals surface area contributed by atoms with Gasteiger partial charge in [0, 0.05) is 26.2 Å². The van der Waals surface area contributed by atoms with Crippen LogP contribution in [0.25, 0.3) is 0 Å². The van der Waals surface area contributed by atoms with E-state index in [4.69, 9.17) is 0 Å². The molecule has 3 atom stereocenters. The molecule has 2 nitrogen and oxygen atoms in total. The molecule has 0 spiro atoms. The van der Waals surface area contributed by atoms with Crippen LogP contribution in [0, 0.1) is 17.3 Å². The molecule has 0 aromatic rings. The van der Waals surface area contributed by atoms with Crippen molar-refractivity contribution in [3.63, 3.8) is 0 Å². The van der Waals surface area contributed by atoms with Crippen LogP contribution in [0.4, 0.5) is 0 Å². The maximum atomic E-state index is 3.60. The smallest absolute Gasteiger partial charge is 0.00503 e. The molecule has 0 amide bonds. The monoisotopic (exact) mass is 224 g/mol. The number of rotatable bonds is 3. The van der Waals surface area contributed by atoms with E-state index in [1.165, 1.54) is 52.0 Å². The van der Waals surface area contributed by atoms with Gasteiger partial charge in [-0.1, -0.05) is 20.8 Å². The lowest BCUT2D eigenvalue weighted by Crippen LogP contribution is -2.46. The molecule has 0 bridgehead atoms. The predicted molar refractivity (Wildman–Crippen MR) is 69.6 cm³/mol. The molecule has 94 valence electrons. The van der Waals surface area contributed by atoms with Crippen LogP contribution in [-0.2, 0) is 0 Å². The van der Waals surface area contributed by atoms with Gasteiger partial charge in [0.2, 0.25) is 0 Å². The summed E-state index contributed by atoms with van der Waals surface area (Å²) >= 11 is 0. The van der Waals surface area contributed by atoms with E-state index in [-0.39, 0.29) is 0 Å². The van der Waals surface area contributed by atoms with Crippen LogP contribution in [0.5, 0.6) is 0 Å². The fraction of sp³-hybridized carbons (Fsp3) is 1.00. The Labute approximate surface area is 101 Å². The van der Waals surface area contributed by atoms with E-state index < -0.39 is 0 Å². The number of piperidine rings is 1. The first-order valence-electron chi connectivity index (χ1n) is 7.08. The minimum Gasteiger partial charge on any atom is -0.316 e. The highest BCUT2D eigenvalue weighted by Gasteiger charge is 2.35. The van der Waals surface area contributed by atoms with E-state index in [2.05, 4.69) is 31.0 Å². The number of nitrogens with zero attached hydrogens (tertiary/aromatic N) is 1. The van der Waals surface area contributed by atoms with E-state index >= 15 is 0 Å². The third-order valence-corrected chi connectivity index (χ3v) is 4.93. The van der Waals surface area contributed by atoms with Gasteiger partial charge in [0.15, 0.2) is 0 Å².